The van der Waals surface area contributed by atoms with Gasteiger partial charge < -0.3 is 5.32 Å². The second-order valence-electron chi connectivity index (χ2n) is 10.5. The minimum atomic E-state index is 0.112. The van der Waals surface area contributed by atoms with Crippen LogP contribution >= 0.6 is 0 Å². The highest BCUT2D eigenvalue weighted by Crippen LogP contribution is 2.59. The average molecular weight is 380 g/mol. The van der Waals surface area contributed by atoms with Gasteiger partial charge in [0.05, 0.1) is 5.92 Å². The second-order valence-corrected chi connectivity index (χ2v) is 10.5. The molecular formula is C26H37NO. The van der Waals surface area contributed by atoms with Gasteiger partial charge in [-0.25, -0.2) is 0 Å². The van der Waals surface area contributed by atoms with Crippen LogP contribution < -0.4 is 5.32 Å². The molecule has 0 saturated heterocycles. The van der Waals surface area contributed by atoms with E-state index in [1.165, 1.54) is 38.5 Å². The lowest BCUT2D eigenvalue weighted by atomic mass is 9.49. The lowest BCUT2D eigenvalue weighted by Gasteiger charge is -2.56. The van der Waals surface area contributed by atoms with Crippen molar-refractivity contribution in [1.82, 2.24) is 5.32 Å². The van der Waals surface area contributed by atoms with Crippen LogP contribution in [0, 0.1) is 46.8 Å². The Balaban J connectivity index is 1.24. The summed E-state index contributed by atoms with van der Waals surface area (Å²) in [4.78, 5) is 13.1. The highest BCUT2D eigenvalue weighted by molar-refractivity contribution is 5.81. The molecule has 3 fully saturated rings. The first-order valence-corrected chi connectivity index (χ1v) is 12.0. The van der Waals surface area contributed by atoms with Crippen LogP contribution in [-0.4, -0.2) is 12.5 Å². The van der Waals surface area contributed by atoms with Gasteiger partial charge >= 0.3 is 0 Å². The third kappa shape index (κ3) is 3.02. The highest BCUT2D eigenvalue weighted by atomic mass is 16.1. The molecule has 5 aliphatic rings. The molecule has 0 aliphatic heterocycles. The molecule has 7 unspecified atom stereocenters. The van der Waals surface area contributed by atoms with Gasteiger partial charge in [0.2, 0.25) is 5.91 Å². The summed E-state index contributed by atoms with van der Waals surface area (Å²) in [5.74, 6) is 5.24. The molecule has 0 bridgehead atoms. The van der Waals surface area contributed by atoms with Crippen LogP contribution in [0.15, 0.2) is 36.0 Å². The Bertz CT molecular complexity index is 712. The van der Waals surface area contributed by atoms with Gasteiger partial charge in [0.25, 0.3) is 0 Å². The standard InChI is InChI=1S/C26H37NO/c1-3-20-17(2)24-15-18(9-10-23(24)22-12-11-21(20)22)25(28)27-16-26(13-14-26)19-7-5-4-6-8-19/h4-7,15,17-23H,3,8-14,16H2,1-2H3,(H,27,28). The largest absolute Gasteiger partial charge is 0.355 e. The van der Waals surface area contributed by atoms with Crippen LogP contribution in [-0.2, 0) is 4.79 Å². The normalized spacial score (nSPS) is 42.6. The maximum absolute atomic E-state index is 13.1. The van der Waals surface area contributed by atoms with E-state index in [9.17, 15) is 4.79 Å². The van der Waals surface area contributed by atoms with Crippen molar-refractivity contribution in [1.29, 1.82) is 0 Å². The van der Waals surface area contributed by atoms with Gasteiger partial charge in [-0.3, -0.25) is 4.79 Å². The van der Waals surface area contributed by atoms with Gasteiger partial charge in [-0.1, -0.05) is 56.2 Å². The molecule has 0 aromatic rings. The van der Waals surface area contributed by atoms with E-state index in [4.69, 9.17) is 0 Å². The van der Waals surface area contributed by atoms with Crippen molar-refractivity contribution in [3.8, 4) is 0 Å². The Morgan fingerprint density at radius 2 is 1.96 bits per heavy atom. The number of hydrogen-bond donors (Lipinski definition) is 1. The molecule has 28 heavy (non-hydrogen) atoms. The van der Waals surface area contributed by atoms with Crippen molar-refractivity contribution in [3.05, 3.63) is 36.0 Å². The molecule has 0 aromatic heterocycles. The lowest BCUT2D eigenvalue weighted by Crippen LogP contribution is -2.48. The number of amides is 1. The molecule has 0 radical (unpaired) electrons. The van der Waals surface area contributed by atoms with Gasteiger partial charge in [0, 0.05) is 6.54 Å². The summed E-state index contributed by atoms with van der Waals surface area (Å²) in [5.41, 5.74) is 1.99. The summed E-state index contributed by atoms with van der Waals surface area (Å²) >= 11 is 0. The molecule has 3 saturated carbocycles. The summed E-state index contributed by atoms with van der Waals surface area (Å²) in [7, 11) is 0. The fourth-order valence-corrected chi connectivity index (χ4v) is 7.25. The van der Waals surface area contributed by atoms with E-state index in [1.807, 2.05) is 0 Å². The van der Waals surface area contributed by atoms with Gasteiger partial charge in [0.1, 0.15) is 0 Å². The van der Waals surface area contributed by atoms with Crippen LogP contribution in [0.3, 0.4) is 0 Å². The number of fused-ring (bicyclic) bond motifs is 3. The van der Waals surface area contributed by atoms with E-state index in [2.05, 4.69) is 49.5 Å². The lowest BCUT2D eigenvalue weighted by molar-refractivity contribution is -0.124. The molecule has 152 valence electrons. The van der Waals surface area contributed by atoms with Crippen LogP contribution in [0.25, 0.3) is 0 Å². The van der Waals surface area contributed by atoms with Crippen molar-refractivity contribution < 1.29 is 4.79 Å². The molecule has 1 amide bonds. The number of rotatable bonds is 5. The second kappa shape index (κ2) is 7.18. The molecule has 0 aromatic carbocycles. The van der Waals surface area contributed by atoms with Gasteiger partial charge in [-0.2, -0.15) is 0 Å². The predicted octanol–water partition coefficient (Wildman–Crippen LogP) is 5.67. The average Bonchev–Trinajstić information content (AvgIpc) is 3.50. The first-order chi connectivity index (χ1) is 13.6. The fraction of sp³-hybridized carbons (Fsp3) is 0.731. The summed E-state index contributed by atoms with van der Waals surface area (Å²) < 4.78 is 0. The van der Waals surface area contributed by atoms with Crippen LogP contribution in [0.4, 0.5) is 0 Å². The van der Waals surface area contributed by atoms with E-state index in [-0.39, 0.29) is 5.92 Å². The zero-order chi connectivity index (χ0) is 19.3. The van der Waals surface area contributed by atoms with Gasteiger partial charge in [-0.05, 0) is 85.9 Å². The smallest absolute Gasteiger partial charge is 0.226 e. The maximum Gasteiger partial charge on any atom is 0.226 e. The Labute approximate surface area is 170 Å². The third-order valence-electron chi connectivity index (χ3n) is 9.31. The first kappa shape index (κ1) is 18.7. The number of carbonyl (C=O) groups excluding carboxylic acids is 1. The topological polar surface area (TPSA) is 29.1 Å². The molecule has 0 spiro atoms. The van der Waals surface area contributed by atoms with Crippen molar-refractivity contribution >= 4 is 5.91 Å². The van der Waals surface area contributed by atoms with Crippen molar-refractivity contribution in [2.45, 2.75) is 65.2 Å². The molecule has 2 heteroatoms. The third-order valence-corrected chi connectivity index (χ3v) is 9.31. The Morgan fingerprint density at radius 3 is 2.61 bits per heavy atom. The van der Waals surface area contributed by atoms with Crippen LogP contribution in [0.1, 0.15) is 65.2 Å². The van der Waals surface area contributed by atoms with E-state index < -0.39 is 0 Å². The quantitative estimate of drug-likeness (QED) is 0.613. The summed E-state index contributed by atoms with van der Waals surface area (Å²) in [6.07, 6.45) is 21.6. The molecule has 5 rings (SSSR count). The molecule has 1 N–H and O–H groups in total. The Hall–Kier alpha value is -1.31. The van der Waals surface area contributed by atoms with Gasteiger partial charge in [0.15, 0.2) is 0 Å². The Kier molecular flexibility index (Phi) is 4.80. The van der Waals surface area contributed by atoms with E-state index in [0.29, 0.717) is 23.2 Å². The highest BCUT2D eigenvalue weighted by Gasteiger charge is 2.51. The van der Waals surface area contributed by atoms with Crippen molar-refractivity contribution in [2.24, 2.45) is 46.8 Å². The minimum absolute atomic E-state index is 0.112. The molecule has 2 nitrogen and oxygen atoms in total. The minimum Gasteiger partial charge on any atom is -0.355 e. The van der Waals surface area contributed by atoms with Crippen LogP contribution in [0.2, 0.25) is 0 Å². The predicted molar refractivity (Wildman–Crippen MR) is 115 cm³/mol. The molecule has 7 atom stereocenters. The number of carbonyl (C=O) groups is 1. The SMILES string of the molecule is CCC1C(C)C2=CC(C(=O)NCC3(C4C=CC=CC4)CC3)CCC2C2CCC12. The maximum atomic E-state index is 13.1. The summed E-state index contributed by atoms with van der Waals surface area (Å²) in [6.45, 7) is 5.69. The number of allylic oxidation sites excluding steroid dienone is 5. The van der Waals surface area contributed by atoms with E-state index in [1.54, 1.807) is 5.57 Å². The summed E-state index contributed by atoms with van der Waals surface area (Å²) in [5, 5.41) is 3.38. The Morgan fingerprint density at radius 1 is 1.14 bits per heavy atom. The van der Waals surface area contributed by atoms with Gasteiger partial charge in [-0.15, -0.1) is 0 Å². The van der Waals surface area contributed by atoms with Crippen molar-refractivity contribution in [2.75, 3.05) is 6.54 Å². The van der Waals surface area contributed by atoms with E-state index in [0.717, 1.165) is 43.1 Å². The number of hydrogen-bond acceptors (Lipinski definition) is 1. The zero-order valence-corrected chi connectivity index (χ0v) is 17.7. The molecular weight excluding hydrogens is 342 g/mol. The fourth-order valence-electron chi connectivity index (χ4n) is 7.25. The summed E-state index contributed by atoms with van der Waals surface area (Å²) in [6, 6.07) is 0. The first-order valence-electron chi connectivity index (χ1n) is 12.0. The monoisotopic (exact) mass is 379 g/mol. The zero-order valence-electron chi connectivity index (χ0n) is 17.7. The molecule has 5 aliphatic carbocycles. The van der Waals surface area contributed by atoms with E-state index >= 15 is 0 Å². The number of nitrogens with one attached hydrogen (secondary N) is 1. The van der Waals surface area contributed by atoms with Crippen molar-refractivity contribution in [3.63, 3.8) is 0 Å². The van der Waals surface area contributed by atoms with Crippen LogP contribution in [0.5, 0.6) is 0 Å². The molecule has 0 heterocycles.